The van der Waals surface area contributed by atoms with Gasteiger partial charge in [0, 0.05) is 0 Å². The van der Waals surface area contributed by atoms with Crippen LogP contribution in [0.3, 0.4) is 0 Å². The first kappa shape index (κ1) is 50.2. The number of fused-ring (bicyclic) bond motifs is 11. The molecule has 0 bridgehead atoms. The summed E-state index contributed by atoms with van der Waals surface area (Å²) in [6.45, 7) is -0.196. The minimum absolute atomic E-state index is 0.0877. The van der Waals surface area contributed by atoms with Crippen LogP contribution in [0.25, 0.3) is 33.1 Å². The van der Waals surface area contributed by atoms with E-state index in [1.54, 1.807) is 0 Å². The second-order valence-electron chi connectivity index (χ2n) is 22.7. The molecule has 0 atom stereocenters. The van der Waals surface area contributed by atoms with Crippen LogP contribution in [0.5, 0.6) is 0 Å². The van der Waals surface area contributed by atoms with Gasteiger partial charge in [-0.05, 0) is 0 Å². The molecule has 18 rings (SSSR count). The molecule has 14 aromatic rings. The fraction of sp³-hybridized carbons (Fsp3) is 0. The first-order valence-electron chi connectivity index (χ1n) is 29.7. The molecule has 0 saturated carbocycles. The zero-order chi connectivity index (χ0) is 57.1. The Kier molecular flexibility index (Phi) is 11.7. The van der Waals surface area contributed by atoms with E-state index in [-0.39, 0.29) is 28.4 Å². The molecule has 0 fully saturated rings. The van der Waals surface area contributed by atoms with Crippen molar-refractivity contribution >= 4 is 172 Å². The van der Waals surface area contributed by atoms with Crippen LogP contribution < -0.4 is 61.3 Å². The molecule has 1 aromatic heterocycles. The van der Waals surface area contributed by atoms with Gasteiger partial charge in [0.1, 0.15) is 0 Å². The summed E-state index contributed by atoms with van der Waals surface area (Å²) >= 11 is 1.74. The maximum absolute atomic E-state index is 6.88. The maximum atomic E-state index is 6.88. The number of nitrogens with zero attached hydrogens (tertiary/aromatic N) is 4. The van der Waals surface area contributed by atoms with Crippen molar-refractivity contribution in [2.75, 3.05) is 19.6 Å². The molecule has 5 heterocycles. The van der Waals surface area contributed by atoms with E-state index >= 15 is 0 Å². The molecule has 0 spiro atoms. The van der Waals surface area contributed by atoms with Crippen molar-refractivity contribution < 1.29 is 4.42 Å². The van der Waals surface area contributed by atoms with Crippen LogP contribution in [0.15, 0.2) is 318 Å². The van der Waals surface area contributed by atoms with Gasteiger partial charge in [-0.2, -0.15) is 0 Å². The Morgan fingerprint density at radius 2 is 0.816 bits per heavy atom. The van der Waals surface area contributed by atoms with Crippen LogP contribution >= 0.6 is 11.8 Å². The van der Waals surface area contributed by atoms with E-state index in [1.807, 2.05) is 11.8 Å². The van der Waals surface area contributed by atoms with Gasteiger partial charge in [0.25, 0.3) is 0 Å². The Morgan fingerprint density at radius 3 is 1.38 bits per heavy atom. The van der Waals surface area contributed by atoms with Crippen molar-refractivity contribution in [2.24, 2.45) is 0 Å². The second-order valence-corrected chi connectivity index (χ2v) is 25.9. The van der Waals surface area contributed by atoms with Gasteiger partial charge < -0.3 is 0 Å². The summed E-state index contributed by atoms with van der Waals surface area (Å²) in [7, 11) is 0. The number of benzene rings is 13. The van der Waals surface area contributed by atoms with Crippen LogP contribution in [0.4, 0.5) is 68.2 Å². The third kappa shape index (κ3) is 7.90. The molecule has 0 N–H and O–H groups in total. The van der Waals surface area contributed by atoms with Crippen molar-refractivity contribution in [1.82, 2.24) is 0 Å². The van der Waals surface area contributed by atoms with Gasteiger partial charge in [-0.25, -0.2) is 0 Å². The summed E-state index contributed by atoms with van der Waals surface area (Å²) in [5, 5.41) is 2.28. The summed E-state index contributed by atoms with van der Waals surface area (Å²) in [4.78, 5) is 12.5. The van der Waals surface area contributed by atoms with E-state index in [0.29, 0.717) is 0 Å². The van der Waals surface area contributed by atoms with Crippen molar-refractivity contribution in [3.8, 4) is 11.1 Å². The first-order chi connectivity index (χ1) is 43.2. The second kappa shape index (κ2) is 20.3. The van der Waals surface area contributed by atoms with Crippen LogP contribution in [0.2, 0.25) is 0 Å². The van der Waals surface area contributed by atoms with Crippen LogP contribution in [-0.4, -0.2) is 28.4 Å². The summed E-state index contributed by atoms with van der Waals surface area (Å²) in [6.07, 6.45) is 0. The molecular weight excluding hydrogens is 1140 g/mol. The van der Waals surface area contributed by atoms with Crippen molar-refractivity contribution in [1.29, 1.82) is 0 Å². The topological polar surface area (TPSA) is 26.1 Å². The Morgan fingerprint density at radius 1 is 0.356 bits per heavy atom. The van der Waals surface area contributed by atoms with Crippen LogP contribution in [-0.2, 0) is 0 Å². The zero-order valence-electron chi connectivity index (χ0n) is 47.0. The predicted octanol–water partition coefficient (Wildman–Crippen LogP) is 15.2. The van der Waals surface area contributed by atoms with E-state index in [4.69, 9.17) is 4.42 Å². The van der Waals surface area contributed by atoms with Crippen molar-refractivity contribution in [3.63, 3.8) is 0 Å². The summed E-state index contributed by atoms with van der Waals surface area (Å²) in [5.74, 6) is 0. The van der Waals surface area contributed by atoms with Gasteiger partial charge in [-0.1, -0.05) is 0 Å². The molecule has 0 unspecified atom stereocenters. The molecule has 4 aliphatic heterocycles. The zero-order valence-corrected chi connectivity index (χ0v) is 49.6. The Balaban J connectivity index is 0.964. The van der Waals surface area contributed by atoms with E-state index in [9.17, 15) is 0 Å². The monoisotopic (exact) mass is 1190 g/mol. The molecule has 5 nitrogen and oxygen atoms in total. The van der Waals surface area contributed by atoms with Crippen molar-refractivity contribution in [3.05, 3.63) is 303 Å². The van der Waals surface area contributed by atoms with Crippen molar-refractivity contribution in [2.45, 2.75) is 9.79 Å². The normalized spacial score (nSPS) is 13.1. The molecule has 0 amide bonds. The minimum atomic E-state index is -0.217. The number of hydrogen-bond acceptors (Lipinski definition) is 6. The average molecular weight is 1190 g/mol. The van der Waals surface area contributed by atoms with Gasteiger partial charge in [0.15, 0.2) is 0 Å². The molecule has 87 heavy (non-hydrogen) atoms. The van der Waals surface area contributed by atoms with E-state index in [0.717, 1.165) is 67.4 Å². The molecule has 0 aliphatic carbocycles. The molecule has 9 heteroatoms. The molecule has 13 aromatic carbocycles. The Labute approximate surface area is 516 Å². The summed E-state index contributed by atoms with van der Waals surface area (Å²) in [6, 6.07) is 112. The standard InChI is InChI=1S/C78H50B2N4OSSe/c1-7-26-51(27-8-1)81(52-28-9-2-10-29-52)57-46-67-75-71(48-57)86-77-63(79(75)61-40-20-22-42-65(61)83(67)55-34-15-5-16-35-55)50-64-78(74(77)60-39-25-45-70-73(60)59-38-19-24-44-69(59)85-70)87-72-49-58(82(53-30-11-3-12-31-53)54-32-13-4-14-33-54)47-68-76(72)80(64)62-41-21-23-43-66(62)84(68)56-36-17-6-18-37-56/h1-50H. The van der Waals surface area contributed by atoms with E-state index in [1.165, 1.54) is 85.4 Å². The summed E-state index contributed by atoms with van der Waals surface area (Å²) in [5.41, 5.74) is 26.0. The SMILES string of the molecule is c1ccc(N(c2ccccc2)c2cc3c4c(c2)N(c2ccccc2)c2ccccc2B4c2cc4c(c(-c5cccc6oc7ccccc7c56)c2S3)[Se]c2cc(N(c3ccccc3)c3ccccc3)cc3c2B4c2ccccc2N3c2ccccc2)cc1. The Hall–Kier alpha value is -10.1. The van der Waals surface area contributed by atoms with E-state index in [2.05, 4.69) is 323 Å². The summed E-state index contributed by atoms with van der Waals surface area (Å²) < 4.78 is 9.66. The molecule has 0 saturated heterocycles. The number of anilines is 12. The van der Waals surface area contributed by atoms with Gasteiger partial charge in [-0.15, -0.1) is 0 Å². The Bertz CT molecular complexity index is 4700. The molecule has 4 aliphatic rings. The first-order valence-corrected chi connectivity index (χ1v) is 32.2. The van der Waals surface area contributed by atoms with Gasteiger partial charge >= 0.3 is 520 Å². The molecule has 406 valence electrons. The fourth-order valence-electron chi connectivity index (χ4n) is 14.4. The van der Waals surface area contributed by atoms with Gasteiger partial charge in [0.2, 0.25) is 0 Å². The molecular formula is C78H50B2N4OSSe. The third-order valence-electron chi connectivity index (χ3n) is 17.9. The number of furan rings is 1. The van der Waals surface area contributed by atoms with Gasteiger partial charge in [0.05, 0.1) is 0 Å². The quantitative estimate of drug-likeness (QED) is 0.134. The predicted molar refractivity (Wildman–Crippen MR) is 369 cm³/mol. The van der Waals surface area contributed by atoms with Crippen LogP contribution in [0, 0.1) is 0 Å². The fourth-order valence-corrected chi connectivity index (χ4v) is 18.7. The number of rotatable bonds is 9. The van der Waals surface area contributed by atoms with Crippen LogP contribution in [0.1, 0.15) is 0 Å². The molecule has 0 radical (unpaired) electrons. The van der Waals surface area contributed by atoms with Gasteiger partial charge in [-0.3, -0.25) is 0 Å². The average Bonchev–Trinajstić information content (AvgIpc) is 0.831. The number of hydrogen-bond donors (Lipinski definition) is 0. The van der Waals surface area contributed by atoms with E-state index < -0.39 is 0 Å². The number of para-hydroxylation sites is 9. The third-order valence-corrected chi connectivity index (χ3v) is 21.6.